The summed E-state index contributed by atoms with van der Waals surface area (Å²) >= 11 is 0. The number of aryl methyl sites for hydroxylation is 1. The summed E-state index contributed by atoms with van der Waals surface area (Å²) < 4.78 is 0. The predicted octanol–water partition coefficient (Wildman–Crippen LogP) is 2.64. The highest BCUT2D eigenvalue weighted by atomic mass is 16.4. The number of carboxylic acid groups (broad SMARTS) is 1. The largest absolute Gasteiger partial charge is 0.477 e. The quantitative estimate of drug-likeness (QED) is 0.908. The van der Waals surface area contributed by atoms with Gasteiger partial charge in [-0.1, -0.05) is 19.8 Å². The molecule has 2 rings (SSSR count). The summed E-state index contributed by atoms with van der Waals surface area (Å²) in [5.74, 6) is 0.266. The van der Waals surface area contributed by atoms with Gasteiger partial charge in [-0.05, 0) is 26.2 Å². The van der Waals surface area contributed by atoms with Gasteiger partial charge < -0.3 is 10.0 Å². The Morgan fingerprint density at radius 2 is 2.26 bits per heavy atom. The van der Waals surface area contributed by atoms with Gasteiger partial charge >= 0.3 is 5.97 Å². The molecule has 0 aliphatic carbocycles. The summed E-state index contributed by atoms with van der Waals surface area (Å²) in [6.45, 7) is 4.83. The topological polar surface area (TPSA) is 66.3 Å². The number of aromatic carboxylic acids is 1. The van der Waals surface area contributed by atoms with E-state index >= 15 is 0 Å². The predicted molar refractivity (Wildman–Crippen MR) is 73.6 cm³/mol. The second kappa shape index (κ2) is 5.99. The van der Waals surface area contributed by atoms with Gasteiger partial charge in [0.1, 0.15) is 17.2 Å². The van der Waals surface area contributed by atoms with E-state index in [4.69, 9.17) is 0 Å². The molecule has 0 aromatic carbocycles. The van der Waals surface area contributed by atoms with E-state index in [0.29, 0.717) is 17.7 Å². The van der Waals surface area contributed by atoms with Gasteiger partial charge in [0.2, 0.25) is 0 Å². The lowest BCUT2D eigenvalue weighted by Crippen LogP contribution is -2.36. The Morgan fingerprint density at radius 1 is 1.47 bits per heavy atom. The lowest BCUT2D eigenvalue weighted by Gasteiger charge is -2.31. The maximum absolute atomic E-state index is 11.3. The fraction of sp³-hybridized carbons (Fsp3) is 0.643. The second-order valence-corrected chi connectivity index (χ2v) is 5.06. The standard InChI is InChI=1S/C14H21N3O2/c1-3-11-7-5-4-6-8-17(11)13-12(14(18)19)9-15-10(2)16-13/h9,11H,3-8H2,1-2H3,(H,18,19). The summed E-state index contributed by atoms with van der Waals surface area (Å²) in [6.07, 6.45) is 7.07. The van der Waals surface area contributed by atoms with Gasteiger partial charge in [0.25, 0.3) is 0 Å². The molecular formula is C14H21N3O2. The average Bonchev–Trinajstić information content (AvgIpc) is 2.63. The van der Waals surface area contributed by atoms with Gasteiger partial charge in [-0.3, -0.25) is 0 Å². The third kappa shape index (κ3) is 3.03. The first kappa shape index (κ1) is 13.8. The van der Waals surface area contributed by atoms with Crippen LogP contribution in [0.1, 0.15) is 55.2 Å². The van der Waals surface area contributed by atoms with E-state index in [2.05, 4.69) is 21.8 Å². The highest BCUT2D eigenvalue weighted by molar-refractivity contribution is 5.93. The molecule has 0 spiro atoms. The van der Waals surface area contributed by atoms with Crippen molar-refractivity contribution < 1.29 is 9.90 Å². The Morgan fingerprint density at radius 3 is 2.95 bits per heavy atom. The van der Waals surface area contributed by atoms with Crippen LogP contribution in [0.5, 0.6) is 0 Å². The number of rotatable bonds is 3. The van der Waals surface area contributed by atoms with Crippen LogP contribution in [0.15, 0.2) is 6.20 Å². The molecule has 1 aromatic rings. The van der Waals surface area contributed by atoms with Crippen molar-refractivity contribution in [3.63, 3.8) is 0 Å². The number of carboxylic acids is 1. The first-order valence-electron chi connectivity index (χ1n) is 6.97. The van der Waals surface area contributed by atoms with Crippen LogP contribution in [0.2, 0.25) is 0 Å². The van der Waals surface area contributed by atoms with Crippen LogP contribution < -0.4 is 4.90 Å². The maximum atomic E-state index is 11.3. The number of nitrogens with zero attached hydrogens (tertiary/aromatic N) is 3. The first-order valence-corrected chi connectivity index (χ1v) is 6.97. The Kier molecular flexibility index (Phi) is 4.35. The molecule has 1 aliphatic rings. The number of hydrogen-bond acceptors (Lipinski definition) is 4. The molecule has 1 aromatic heterocycles. The monoisotopic (exact) mass is 263 g/mol. The normalized spacial score (nSPS) is 20.1. The van der Waals surface area contributed by atoms with Crippen molar-refractivity contribution >= 4 is 11.8 Å². The molecule has 1 fully saturated rings. The SMILES string of the molecule is CCC1CCCCCN1c1nc(C)ncc1C(=O)O. The molecule has 1 saturated heterocycles. The minimum Gasteiger partial charge on any atom is -0.477 e. The fourth-order valence-electron chi connectivity index (χ4n) is 2.71. The van der Waals surface area contributed by atoms with Gasteiger partial charge in [-0.25, -0.2) is 14.8 Å². The lowest BCUT2D eigenvalue weighted by atomic mass is 10.1. The molecule has 19 heavy (non-hydrogen) atoms. The van der Waals surface area contributed by atoms with Gasteiger partial charge in [-0.15, -0.1) is 0 Å². The van der Waals surface area contributed by atoms with E-state index in [1.165, 1.54) is 19.0 Å². The van der Waals surface area contributed by atoms with E-state index < -0.39 is 5.97 Å². The van der Waals surface area contributed by atoms with Crippen LogP contribution in [0.25, 0.3) is 0 Å². The zero-order valence-electron chi connectivity index (χ0n) is 11.6. The summed E-state index contributed by atoms with van der Waals surface area (Å²) in [4.78, 5) is 21.9. The van der Waals surface area contributed by atoms with E-state index in [-0.39, 0.29) is 5.56 Å². The highest BCUT2D eigenvalue weighted by Gasteiger charge is 2.25. The van der Waals surface area contributed by atoms with Crippen molar-refractivity contribution in [3.8, 4) is 0 Å². The van der Waals surface area contributed by atoms with E-state index in [1.54, 1.807) is 6.92 Å². The second-order valence-electron chi connectivity index (χ2n) is 5.06. The Labute approximate surface area is 113 Å². The van der Waals surface area contributed by atoms with Gasteiger partial charge in [0.05, 0.1) is 0 Å². The average molecular weight is 263 g/mol. The van der Waals surface area contributed by atoms with Crippen molar-refractivity contribution in [3.05, 3.63) is 17.6 Å². The Balaban J connectivity index is 2.42. The number of hydrogen-bond donors (Lipinski definition) is 1. The van der Waals surface area contributed by atoms with Crippen molar-refractivity contribution in [1.29, 1.82) is 0 Å². The maximum Gasteiger partial charge on any atom is 0.341 e. The van der Waals surface area contributed by atoms with Crippen LogP contribution in [0.4, 0.5) is 5.82 Å². The molecule has 0 amide bonds. The molecule has 0 radical (unpaired) electrons. The third-order valence-electron chi connectivity index (χ3n) is 3.74. The van der Waals surface area contributed by atoms with Gasteiger partial charge in [-0.2, -0.15) is 0 Å². The molecule has 2 heterocycles. The van der Waals surface area contributed by atoms with Crippen LogP contribution in [-0.4, -0.2) is 33.6 Å². The first-order chi connectivity index (χ1) is 9.13. The van der Waals surface area contributed by atoms with E-state index in [0.717, 1.165) is 25.8 Å². The van der Waals surface area contributed by atoms with Crippen molar-refractivity contribution in [2.75, 3.05) is 11.4 Å². The minimum atomic E-state index is -0.950. The van der Waals surface area contributed by atoms with Crippen molar-refractivity contribution in [1.82, 2.24) is 9.97 Å². The van der Waals surface area contributed by atoms with E-state index in [1.807, 2.05) is 0 Å². The number of carbonyl (C=O) groups is 1. The molecule has 1 aliphatic heterocycles. The zero-order valence-corrected chi connectivity index (χ0v) is 11.6. The number of anilines is 1. The number of aromatic nitrogens is 2. The van der Waals surface area contributed by atoms with Crippen molar-refractivity contribution in [2.45, 2.75) is 52.0 Å². The summed E-state index contributed by atoms with van der Waals surface area (Å²) in [5, 5.41) is 9.31. The molecule has 1 unspecified atom stereocenters. The molecule has 5 heteroatoms. The molecule has 104 valence electrons. The molecular weight excluding hydrogens is 242 g/mol. The van der Waals surface area contributed by atoms with Gasteiger partial charge in [0.15, 0.2) is 0 Å². The molecule has 0 bridgehead atoms. The molecule has 1 atom stereocenters. The molecule has 5 nitrogen and oxygen atoms in total. The Bertz CT molecular complexity index is 462. The van der Waals surface area contributed by atoms with E-state index in [9.17, 15) is 9.90 Å². The Hall–Kier alpha value is -1.65. The van der Waals surface area contributed by atoms with Crippen LogP contribution in [-0.2, 0) is 0 Å². The zero-order chi connectivity index (χ0) is 13.8. The van der Waals surface area contributed by atoms with Crippen LogP contribution in [0.3, 0.4) is 0 Å². The third-order valence-corrected chi connectivity index (χ3v) is 3.74. The molecule has 1 N–H and O–H groups in total. The summed E-state index contributed by atoms with van der Waals surface area (Å²) in [5.41, 5.74) is 0.214. The lowest BCUT2D eigenvalue weighted by molar-refractivity contribution is 0.0696. The summed E-state index contributed by atoms with van der Waals surface area (Å²) in [7, 11) is 0. The van der Waals surface area contributed by atoms with Crippen molar-refractivity contribution in [2.24, 2.45) is 0 Å². The smallest absolute Gasteiger partial charge is 0.341 e. The minimum absolute atomic E-state index is 0.214. The fourth-order valence-corrected chi connectivity index (χ4v) is 2.71. The van der Waals surface area contributed by atoms with Crippen LogP contribution >= 0.6 is 0 Å². The molecule has 0 saturated carbocycles. The van der Waals surface area contributed by atoms with Gasteiger partial charge in [0, 0.05) is 18.8 Å². The summed E-state index contributed by atoms with van der Waals surface area (Å²) in [6, 6.07) is 0.384. The van der Waals surface area contributed by atoms with Crippen LogP contribution in [0, 0.1) is 6.92 Å². The highest BCUT2D eigenvalue weighted by Crippen LogP contribution is 2.27.